The molecule has 0 saturated carbocycles. The number of hydrogen-bond donors (Lipinski definition) is 2. The van der Waals surface area contributed by atoms with Gasteiger partial charge in [0.15, 0.2) is 5.52 Å². The van der Waals surface area contributed by atoms with Crippen LogP contribution < -0.4 is 10.9 Å². The fourth-order valence-electron chi connectivity index (χ4n) is 3.33. The summed E-state index contributed by atoms with van der Waals surface area (Å²) < 4.78 is 25.7. The van der Waals surface area contributed by atoms with E-state index in [4.69, 9.17) is 0 Å². The van der Waals surface area contributed by atoms with E-state index >= 15 is 0 Å². The van der Waals surface area contributed by atoms with E-state index in [1.807, 2.05) is 0 Å². The van der Waals surface area contributed by atoms with Crippen LogP contribution >= 0.6 is 0 Å². The molecule has 0 aliphatic heterocycles. The molecule has 0 bridgehead atoms. The van der Waals surface area contributed by atoms with E-state index < -0.39 is 18.9 Å². The van der Waals surface area contributed by atoms with Crippen molar-refractivity contribution in [1.29, 1.82) is 0 Å². The highest BCUT2D eigenvalue weighted by Gasteiger charge is 2.20. The van der Waals surface area contributed by atoms with Crippen LogP contribution in [-0.4, -0.2) is 38.9 Å². The van der Waals surface area contributed by atoms with Gasteiger partial charge in [0.05, 0.1) is 23.4 Å². The van der Waals surface area contributed by atoms with E-state index in [1.54, 1.807) is 12.1 Å². The van der Waals surface area contributed by atoms with Gasteiger partial charge in [-0.3, -0.25) is 14.7 Å². The highest BCUT2D eigenvalue weighted by atomic mass is 19.3. The Labute approximate surface area is 152 Å². The molecule has 0 radical (unpaired) electrons. The zero-order chi connectivity index (χ0) is 19.0. The molecule has 2 aromatic heterocycles. The van der Waals surface area contributed by atoms with Crippen LogP contribution in [0.5, 0.6) is 0 Å². The Kier molecular flexibility index (Phi) is 4.43. The Balaban J connectivity index is 1.67. The number of carbonyl (C=O) groups is 1. The Morgan fingerprint density at radius 2 is 1.93 bits per heavy atom. The quantitative estimate of drug-likeness (QED) is 0.731. The van der Waals surface area contributed by atoms with E-state index in [0.29, 0.717) is 11.2 Å². The maximum Gasteiger partial charge on any atom is 0.299 e. The summed E-state index contributed by atoms with van der Waals surface area (Å²) >= 11 is 0. The normalized spacial score (nSPS) is 13.7. The summed E-state index contributed by atoms with van der Waals surface area (Å²) in [6.45, 7) is -0.703. The third-order valence-electron chi connectivity index (χ3n) is 4.68. The number of alkyl halides is 2. The predicted octanol–water partition coefficient (Wildman–Crippen LogP) is 1.98. The number of carbonyl (C=O) groups excluding carboxylic acids is 1. The van der Waals surface area contributed by atoms with E-state index in [-0.39, 0.29) is 16.6 Å². The third kappa shape index (κ3) is 3.20. The first-order valence-corrected chi connectivity index (χ1v) is 8.70. The Bertz CT molecular complexity index is 1060. The summed E-state index contributed by atoms with van der Waals surface area (Å²) in [6, 6.07) is 6.12. The van der Waals surface area contributed by atoms with Crippen molar-refractivity contribution in [3.8, 4) is 5.69 Å². The molecule has 0 saturated heterocycles. The fraction of sp³-hybridized carbons (Fsp3) is 0.333. The molecule has 4 rings (SSSR count). The molecule has 1 aliphatic carbocycles. The Morgan fingerprint density at radius 3 is 2.67 bits per heavy atom. The number of hydrogen-bond acceptors (Lipinski definition) is 4. The average molecular weight is 373 g/mol. The summed E-state index contributed by atoms with van der Waals surface area (Å²) in [5, 5.41) is 13.5. The van der Waals surface area contributed by atoms with Crippen LogP contribution in [0.3, 0.4) is 0 Å². The van der Waals surface area contributed by atoms with Crippen LogP contribution in [-0.2, 0) is 12.8 Å². The SMILES string of the molecule is O=C(NCC(F)F)c1ccc(-n2[nH]c3c4c(nnc3c2=O)CCCC4)cc1. The van der Waals surface area contributed by atoms with Gasteiger partial charge < -0.3 is 5.32 Å². The summed E-state index contributed by atoms with van der Waals surface area (Å²) in [5.74, 6) is -0.592. The lowest BCUT2D eigenvalue weighted by Gasteiger charge is -2.13. The summed E-state index contributed by atoms with van der Waals surface area (Å²) in [5.41, 5.74) is 3.38. The molecule has 0 unspecified atom stereocenters. The number of nitrogens with one attached hydrogen (secondary N) is 2. The number of nitrogens with zero attached hydrogens (tertiary/aromatic N) is 3. The monoisotopic (exact) mass is 373 g/mol. The largest absolute Gasteiger partial charge is 0.346 e. The molecular weight excluding hydrogens is 356 g/mol. The highest BCUT2D eigenvalue weighted by molar-refractivity contribution is 5.94. The summed E-state index contributed by atoms with van der Waals surface area (Å²) in [7, 11) is 0. The number of aryl methyl sites for hydroxylation is 2. The number of amides is 1. The second-order valence-corrected chi connectivity index (χ2v) is 6.46. The smallest absolute Gasteiger partial charge is 0.299 e. The van der Waals surface area contributed by atoms with E-state index in [0.717, 1.165) is 36.9 Å². The number of halogens is 2. The maximum absolute atomic E-state index is 12.7. The zero-order valence-corrected chi connectivity index (χ0v) is 14.3. The van der Waals surface area contributed by atoms with Gasteiger partial charge in [0.1, 0.15) is 0 Å². The molecule has 2 heterocycles. The van der Waals surface area contributed by atoms with Crippen LogP contribution in [0, 0.1) is 0 Å². The first kappa shape index (κ1) is 17.3. The van der Waals surface area contributed by atoms with Crippen LogP contribution in [0.15, 0.2) is 29.1 Å². The lowest BCUT2D eigenvalue weighted by molar-refractivity contribution is 0.0891. The number of benzene rings is 1. The van der Waals surface area contributed by atoms with Gasteiger partial charge in [-0.15, -0.1) is 5.10 Å². The number of rotatable bonds is 4. The van der Waals surface area contributed by atoms with Crippen molar-refractivity contribution >= 4 is 16.9 Å². The lowest BCUT2D eigenvalue weighted by atomic mass is 9.96. The first-order chi connectivity index (χ1) is 13.0. The van der Waals surface area contributed by atoms with Gasteiger partial charge in [-0.2, -0.15) is 5.10 Å². The number of aromatic amines is 1. The summed E-state index contributed by atoms with van der Waals surface area (Å²) in [6.07, 6.45) is 1.21. The molecule has 140 valence electrons. The number of aromatic nitrogens is 4. The molecule has 2 N–H and O–H groups in total. The van der Waals surface area contributed by atoms with Gasteiger partial charge in [0.25, 0.3) is 17.9 Å². The van der Waals surface area contributed by atoms with Gasteiger partial charge in [-0.05, 0) is 49.9 Å². The van der Waals surface area contributed by atoms with Gasteiger partial charge in [-0.1, -0.05) is 0 Å². The lowest BCUT2D eigenvalue weighted by Crippen LogP contribution is -2.28. The number of H-pyrrole nitrogens is 1. The molecular formula is C18H17F2N5O2. The maximum atomic E-state index is 12.7. The summed E-state index contributed by atoms with van der Waals surface area (Å²) in [4.78, 5) is 24.5. The zero-order valence-electron chi connectivity index (χ0n) is 14.3. The molecule has 1 amide bonds. The molecule has 9 heteroatoms. The second-order valence-electron chi connectivity index (χ2n) is 6.46. The van der Waals surface area contributed by atoms with Crippen LogP contribution in [0.25, 0.3) is 16.7 Å². The predicted molar refractivity (Wildman–Crippen MR) is 94.5 cm³/mol. The van der Waals surface area contributed by atoms with Gasteiger partial charge in [0.2, 0.25) is 0 Å². The molecule has 0 fully saturated rings. The van der Waals surface area contributed by atoms with Crippen molar-refractivity contribution in [2.75, 3.05) is 6.54 Å². The average Bonchev–Trinajstić information content (AvgIpc) is 3.03. The van der Waals surface area contributed by atoms with Crippen molar-refractivity contribution in [2.24, 2.45) is 0 Å². The molecule has 3 aromatic rings. The number of fused-ring (bicyclic) bond motifs is 3. The Hall–Kier alpha value is -3.10. The van der Waals surface area contributed by atoms with Crippen LogP contribution in [0.4, 0.5) is 8.78 Å². The third-order valence-corrected chi connectivity index (χ3v) is 4.68. The van der Waals surface area contributed by atoms with E-state index in [9.17, 15) is 18.4 Å². The molecule has 1 aromatic carbocycles. The molecule has 7 nitrogen and oxygen atoms in total. The van der Waals surface area contributed by atoms with Crippen LogP contribution in [0.1, 0.15) is 34.5 Å². The highest BCUT2D eigenvalue weighted by Crippen LogP contribution is 2.24. The van der Waals surface area contributed by atoms with Gasteiger partial charge in [0, 0.05) is 11.1 Å². The van der Waals surface area contributed by atoms with Crippen molar-refractivity contribution in [1.82, 2.24) is 25.3 Å². The fourth-order valence-corrected chi connectivity index (χ4v) is 3.33. The van der Waals surface area contributed by atoms with Crippen molar-refractivity contribution in [3.63, 3.8) is 0 Å². The molecule has 1 aliphatic rings. The first-order valence-electron chi connectivity index (χ1n) is 8.70. The van der Waals surface area contributed by atoms with Gasteiger partial charge >= 0.3 is 0 Å². The van der Waals surface area contributed by atoms with E-state index in [2.05, 4.69) is 20.6 Å². The minimum absolute atomic E-state index is 0.237. The van der Waals surface area contributed by atoms with Crippen molar-refractivity contribution < 1.29 is 13.6 Å². The second kappa shape index (κ2) is 6.90. The minimum atomic E-state index is -2.61. The van der Waals surface area contributed by atoms with Crippen molar-refractivity contribution in [2.45, 2.75) is 32.1 Å². The molecule has 27 heavy (non-hydrogen) atoms. The van der Waals surface area contributed by atoms with Gasteiger partial charge in [-0.25, -0.2) is 13.5 Å². The van der Waals surface area contributed by atoms with E-state index in [1.165, 1.54) is 16.8 Å². The topological polar surface area (TPSA) is 92.7 Å². The standard InChI is InChI=1S/C18H17F2N5O2/c19-14(20)9-21-17(26)10-5-7-11(8-6-10)25-18(27)16-15(24-25)12-3-1-2-4-13(12)22-23-16/h5-8,14,24H,1-4,9H2,(H,21,26). The minimum Gasteiger partial charge on any atom is -0.346 e. The van der Waals surface area contributed by atoms with Crippen molar-refractivity contribution in [3.05, 3.63) is 51.4 Å². The molecule has 0 spiro atoms. The van der Waals surface area contributed by atoms with Crippen LogP contribution in [0.2, 0.25) is 0 Å². The molecule has 0 atom stereocenters. The Morgan fingerprint density at radius 1 is 1.19 bits per heavy atom.